The molecule has 0 radical (unpaired) electrons. The first kappa shape index (κ1) is 13.0. The summed E-state index contributed by atoms with van der Waals surface area (Å²) >= 11 is 5.79. The molecule has 4 nitrogen and oxygen atoms in total. The summed E-state index contributed by atoms with van der Waals surface area (Å²) < 4.78 is 26.1. The predicted molar refractivity (Wildman–Crippen MR) is 61.6 cm³/mol. The Morgan fingerprint density at radius 2 is 2.06 bits per heavy atom. The van der Waals surface area contributed by atoms with E-state index in [0.717, 1.165) is 0 Å². The minimum Gasteiger partial charge on any atom is -0.209 e. The first-order valence-corrected chi connectivity index (χ1v) is 6.45. The number of hydrogen-bond acceptors (Lipinski definition) is 3. The van der Waals surface area contributed by atoms with E-state index in [-0.39, 0.29) is 21.5 Å². The van der Waals surface area contributed by atoms with Crippen LogP contribution in [0.2, 0.25) is 5.02 Å². The van der Waals surface area contributed by atoms with E-state index >= 15 is 0 Å². The van der Waals surface area contributed by atoms with Crippen LogP contribution in [0.1, 0.15) is 19.4 Å². The van der Waals surface area contributed by atoms with Gasteiger partial charge in [0.2, 0.25) is 10.0 Å². The third kappa shape index (κ3) is 2.95. The van der Waals surface area contributed by atoms with Crippen molar-refractivity contribution < 1.29 is 8.42 Å². The van der Waals surface area contributed by atoms with E-state index in [4.69, 9.17) is 16.9 Å². The Kier molecular flexibility index (Phi) is 3.92. The smallest absolute Gasteiger partial charge is 0.209 e. The fourth-order valence-electron chi connectivity index (χ4n) is 1.15. The summed E-state index contributed by atoms with van der Waals surface area (Å²) in [6.45, 7) is 3.42. The third-order valence-corrected chi connectivity index (χ3v) is 3.88. The molecule has 6 heteroatoms. The highest BCUT2D eigenvalue weighted by Gasteiger charge is 2.19. The van der Waals surface area contributed by atoms with Crippen molar-refractivity contribution in [3.63, 3.8) is 0 Å². The molecule has 0 atom stereocenters. The largest absolute Gasteiger partial charge is 0.242 e. The molecule has 0 aliphatic carbocycles. The molecule has 1 N–H and O–H groups in total. The van der Waals surface area contributed by atoms with Gasteiger partial charge in [0.1, 0.15) is 4.90 Å². The minimum atomic E-state index is -3.66. The molecule has 0 aliphatic rings. The Labute approximate surface area is 99.9 Å². The van der Waals surface area contributed by atoms with Gasteiger partial charge in [-0.2, -0.15) is 5.26 Å². The molecule has 16 heavy (non-hydrogen) atoms. The van der Waals surface area contributed by atoms with Crippen LogP contribution in [0, 0.1) is 11.3 Å². The van der Waals surface area contributed by atoms with Gasteiger partial charge in [0.15, 0.2) is 0 Å². The fourth-order valence-corrected chi connectivity index (χ4v) is 2.93. The average Bonchev–Trinajstić information content (AvgIpc) is 2.16. The van der Waals surface area contributed by atoms with Crippen LogP contribution in [0.5, 0.6) is 0 Å². The molecule has 1 aromatic rings. The molecule has 0 saturated carbocycles. The molecule has 0 heterocycles. The lowest BCUT2D eigenvalue weighted by Gasteiger charge is -2.10. The van der Waals surface area contributed by atoms with E-state index in [9.17, 15) is 8.42 Å². The first-order chi connectivity index (χ1) is 7.36. The number of sulfonamides is 1. The van der Waals surface area contributed by atoms with Crippen molar-refractivity contribution in [1.29, 1.82) is 5.26 Å². The lowest BCUT2D eigenvalue weighted by molar-refractivity contribution is 0.570. The summed E-state index contributed by atoms with van der Waals surface area (Å²) in [6, 6.07) is 5.76. The molecule has 0 amide bonds. The van der Waals surface area contributed by atoms with Crippen molar-refractivity contribution >= 4 is 21.6 Å². The topological polar surface area (TPSA) is 70.0 Å². The number of nitrogens with zero attached hydrogens (tertiary/aromatic N) is 1. The second-order valence-corrected chi connectivity index (χ2v) is 5.62. The summed E-state index contributed by atoms with van der Waals surface area (Å²) in [5, 5.41) is 8.80. The zero-order valence-corrected chi connectivity index (χ0v) is 10.4. The maximum atomic E-state index is 11.8. The maximum Gasteiger partial charge on any atom is 0.242 e. The average molecular weight is 259 g/mol. The monoisotopic (exact) mass is 258 g/mol. The summed E-state index contributed by atoms with van der Waals surface area (Å²) in [6.07, 6.45) is 0. The fraction of sp³-hybridized carbons (Fsp3) is 0.300. The van der Waals surface area contributed by atoms with Gasteiger partial charge < -0.3 is 0 Å². The van der Waals surface area contributed by atoms with Gasteiger partial charge in [-0.1, -0.05) is 11.6 Å². The van der Waals surface area contributed by atoms with E-state index < -0.39 is 10.0 Å². The molecule has 0 saturated heterocycles. The van der Waals surface area contributed by atoms with Crippen molar-refractivity contribution in [2.45, 2.75) is 24.8 Å². The van der Waals surface area contributed by atoms with Crippen LogP contribution >= 0.6 is 11.6 Å². The van der Waals surface area contributed by atoms with Gasteiger partial charge in [0, 0.05) is 6.04 Å². The van der Waals surface area contributed by atoms with Crippen molar-refractivity contribution in [3.8, 4) is 6.07 Å². The highest BCUT2D eigenvalue weighted by Crippen LogP contribution is 2.22. The Balaban J connectivity index is 3.28. The number of halogens is 1. The summed E-state index contributed by atoms with van der Waals surface area (Å²) in [5.41, 5.74) is 0.258. The van der Waals surface area contributed by atoms with Gasteiger partial charge in [-0.3, -0.25) is 0 Å². The van der Waals surface area contributed by atoms with Gasteiger partial charge in [-0.05, 0) is 32.0 Å². The maximum absolute atomic E-state index is 11.8. The molecule has 0 fully saturated rings. The van der Waals surface area contributed by atoms with Crippen molar-refractivity contribution in [2.24, 2.45) is 0 Å². The van der Waals surface area contributed by atoms with Gasteiger partial charge in [0.05, 0.1) is 16.7 Å². The molecule has 0 aliphatic heterocycles. The van der Waals surface area contributed by atoms with E-state index in [1.807, 2.05) is 6.07 Å². The van der Waals surface area contributed by atoms with Crippen LogP contribution < -0.4 is 4.72 Å². The van der Waals surface area contributed by atoms with Gasteiger partial charge in [0.25, 0.3) is 0 Å². The molecule has 0 bridgehead atoms. The highest BCUT2D eigenvalue weighted by atomic mass is 35.5. The standard InChI is InChI=1S/C10H11ClN2O2S/c1-7(2)13-16(14,15)10-5-8(6-12)3-4-9(10)11/h3-5,7,13H,1-2H3. The van der Waals surface area contributed by atoms with Gasteiger partial charge in [-0.25, -0.2) is 13.1 Å². The van der Waals surface area contributed by atoms with Crippen LogP contribution in [0.25, 0.3) is 0 Å². The highest BCUT2D eigenvalue weighted by molar-refractivity contribution is 7.89. The summed E-state index contributed by atoms with van der Waals surface area (Å²) in [4.78, 5) is -0.0677. The third-order valence-electron chi connectivity index (χ3n) is 1.74. The quantitative estimate of drug-likeness (QED) is 0.900. The molecule has 1 aromatic carbocycles. The number of benzene rings is 1. The Hall–Kier alpha value is -1.09. The van der Waals surface area contributed by atoms with Crippen LogP contribution in [-0.2, 0) is 10.0 Å². The number of nitriles is 1. The molecular formula is C10H11ClN2O2S. The normalized spacial score (nSPS) is 11.4. The molecule has 0 spiro atoms. The van der Waals surface area contributed by atoms with E-state index in [0.29, 0.717) is 0 Å². The van der Waals surface area contributed by atoms with Crippen molar-refractivity contribution in [2.75, 3.05) is 0 Å². The first-order valence-electron chi connectivity index (χ1n) is 4.59. The molecule has 86 valence electrons. The van der Waals surface area contributed by atoms with Crippen LogP contribution in [0.3, 0.4) is 0 Å². The summed E-state index contributed by atoms with van der Waals surface area (Å²) in [5.74, 6) is 0. The van der Waals surface area contributed by atoms with Gasteiger partial charge >= 0.3 is 0 Å². The van der Waals surface area contributed by atoms with E-state index in [2.05, 4.69) is 4.72 Å². The zero-order valence-electron chi connectivity index (χ0n) is 8.86. The lowest BCUT2D eigenvalue weighted by Crippen LogP contribution is -2.30. The second kappa shape index (κ2) is 4.83. The minimum absolute atomic E-state index is 0.0677. The predicted octanol–water partition coefficient (Wildman–Crippen LogP) is 1.90. The van der Waals surface area contributed by atoms with Crippen molar-refractivity contribution in [3.05, 3.63) is 28.8 Å². The Morgan fingerprint density at radius 3 is 2.56 bits per heavy atom. The number of nitrogens with one attached hydrogen (secondary N) is 1. The molecule has 0 unspecified atom stereocenters. The number of rotatable bonds is 3. The van der Waals surface area contributed by atoms with Gasteiger partial charge in [-0.15, -0.1) is 0 Å². The molecule has 0 aromatic heterocycles. The van der Waals surface area contributed by atoms with Crippen LogP contribution in [-0.4, -0.2) is 14.5 Å². The zero-order chi connectivity index (χ0) is 12.3. The van der Waals surface area contributed by atoms with Crippen molar-refractivity contribution in [1.82, 2.24) is 4.72 Å². The Morgan fingerprint density at radius 1 is 1.44 bits per heavy atom. The Bertz CT molecular complexity index is 532. The second-order valence-electron chi connectivity index (χ2n) is 3.53. The van der Waals surface area contributed by atoms with Crippen LogP contribution in [0.15, 0.2) is 23.1 Å². The molecule has 1 rings (SSSR count). The number of hydrogen-bond donors (Lipinski definition) is 1. The van der Waals surface area contributed by atoms with E-state index in [1.165, 1.54) is 18.2 Å². The van der Waals surface area contributed by atoms with Crippen LogP contribution in [0.4, 0.5) is 0 Å². The lowest BCUT2D eigenvalue weighted by atomic mass is 10.2. The summed E-state index contributed by atoms with van der Waals surface area (Å²) in [7, 11) is -3.66. The SMILES string of the molecule is CC(C)NS(=O)(=O)c1cc(C#N)ccc1Cl. The molecular weight excluding hydrogens is 248 g/mol. The van der Waals surface area contributed by atoms with E-state index in [1.54, 1.807) is 13.8 Å².